The van der Waals surface area contributed by atoms with Gasteiger partial charge in [-0.15, -0.1) is 0 Å². The second-order valence-electron chi connectivity index (χ2n) is 4.41. The summed E-state index contributed by atoms with van der Waals surface area (Å²) in [6, 6.07) is 3.13. The first kappa shape index (κ1) is 14.3. The molecule has 2 N–H and O–H groups in total. The van der Waals surface area contributed by atoms with E-state index in [1.54, 1.807) is 17.0 Å². The smallest absolute Gasteiger partial charge is 0.338 e. The second kappa shape index (κ2) is 6.85. The summed E-state index contributed by atoms with van der Waals surface area (Å²) in [6.07, 6.45) is 1.50. The first-order valence-electron chi connectivity index (χ1n) is 6.47. The Labute approximate surface area is 117 Å². The molecule has 108 valence electrons. The van der Waals surface area contributed by atoms with Crippen molar-refractivity contribution in [2.45, 2.75) is 0 Å². The Hall–Kier alpha value is -2.15. The topological polar surface area (TPSA) is 83.6 Å². The van der Waals surface area contributed by atoms with Gasteiger partial charge in [0.25, 0.3) is 0 Å². The molecule has 2 rings (SSSR count). The molecule has 1 aromatic heterocycles. The van der Waals surface area contributed by atoms with Crippen molar-refractivity contribution < 1.29 is 14.3 Å². The summed E-state index contributed by atoms with van der Waals surface area (Å²) in [5.41, 5.74) is 0.402. The lowest BCUT2D eigenvalue weighted by Crippen LogP contribution is -2.48. The fourth-order valence-electron chi connectivity index (χ4n) is 1.96. The van der Waals surface area contributed by atoms with Crippen molar-refractivity contribution in [3.05, 3.63) is 23.9 Å². The maximum absolute atomic E-state index is 12.0. The van der Waals surface area contributed by atoms with Crippen LogP contribution in [0.1, 0.15) is 10.4 Å². The minimum Gasteiger partial charge on any atom is -0.465 e. The number of ether oxygens (including phenoxy) is 1. The van der Waals surface area contributed by atoms with E-state index in [1.807, 2.05) is 0 Å². The molecule has 2 heterocycles. The van der Waals surface area contributed by atoms with Crippen molar-refractivity contribution in [2.75, 3.05) is 45.2 Å². The van der Waals surface area contributed by atoms with Gasteiger partial charge in [0, 0.05) is 32.4 Å². The van der Waals surface area contributed by atoms with E-state index >= 15 is 0 Å². The van der Waals surface area contributed by atoms with Crippen molar-refractivity contribution in [3.8, 4) is 0 Å². The minimum atomic E-state index is -0.427. The van der Waals surface area contributed by atoms with E-state index in [9.17, 15) is 9.59 Å². The third kappa shape index (κ3) is 3.67. The number of methoxy groups -OCH3 is 1. The molecule has 0 saturated carbocycles. The van der Waals surface area contributed by atoms with E-state index in [0.717, 1.165) is 26.2 Å². The molecule has 1 saturated heterocycles. The number of esters is 1. The summed E-state index contributed by atoms with van der Waals surface area (Å²) in [7, 11) is 1.32. The van der Waals surface area contributed by atoms with Crippen LogP contribution >= 0.6 is 0 Å². The zero-order valence-electron chi connectivity index (χ0n) is 11.4. The fourth-order valence-corrected chi connectivity index (χ4v) is 1.96. The summed E-state index contributed by atoms with van der Waals surface area (Å²) in [4.78, 5) is 29.2. The SMILES string of the molecule is COC(=O)c1ccnc(NCC(=O)N2CCNCC2)c1. The number of aromatic nitrogens is 1. The molecule has 0 aliphatic carbocycles. The Bertz CT molecular complexity index is 486. The molecule has 0 aromatic carbocycles. The average molecular weight is 278 g/mol. The van der Waals surface area contributed by atoms with E-state index in [2.05, 4.69) is 20.4 Å². The zero-order chi connectivity index (χ0) is 14.4. The van der Waals surface area contributed by atoms with Crippen LogP contribution in [0.25, 0.3) is 0 Å². The number of hydrogen-bond donors (Lipinski definition) is 2. The molecule has 0 radical (unpaired) electrons. The number of pyridine rings is 1. The molecule has 7 heteroatoms. The summed E-state index contributed by atoms with van der Waals surface area (Å²) in [5, 5.41) is 6.12. The number of piperazine rings is 1. The first-order valence-corrected chi connectivity index (χ1v) is 6.47. The number of nitrogens with one attached hydrogen (secondary N) is 2. The highest BCUT2D eigenvalue weighted by Crippen LogP contribution is 2.08. The molecular formula is C13H18N4O3. The van der Waals surface area contributed by atoms with E-state index in [1.165, 1.54) is 13.3 Å². The van der Waals surface area contributed by atoms with Crippen LogP contribution in [0, 0.1) is 0 Å². The fraction of sp³-hybridized carbons (Fsp3) is 0.462. The third-order valence-electron chi connectivity index (χ3n) is 3.07. The van der Waals surface area contributed by atoms with Gasteiger partial charge in [-0.2, -0.15) is 0 Å². The molecule has 0 unspecified atom stereocenters. The highest BCUT2D eigenvalue weighted by atomic mass is 16.5. The van der Waals surface area contributed by atoms with Gasteiger partial charge < -0.3 is 20.3 Å². The first-order chi connectivity index (χ1) is 9.70. The van der Waals surface area contributed by atoms with E-state index in [0.29, 0.717) is 11.4 Å². The predicted molar refractivity (Wildman–Crippen MR) is 73.5 cm³/mol. The predicted octanol–water partition coefficient (Wildman–Crippen LogP) is -0.288. The maximum atomic E-state index is 12.0. The number of nitrogens with zero attached hydrogens (tertiary/aromatic N) is 2. The standard InChI is InChI=1S/C13H18N4O3/c1-20-13(19)10-2-3-15-11(8-10)16-9-12(18)17-6-4-14-5-7-17/h2-3,8,14H,4-7,9H2,1H3,(H,15,16). The van der Waals surface area contributed by atoms with Gasteiger partial charge in [-0.1, -0.05) is 0 Å². The van der Waals surface area contributed by atoms with Crippen LogP contribution in [-0.4, -0.2) is 61.6 Å². The average Bonchev–Trinajstić information content (AvgIpc) is 2.53. The van der Waals surface area contributed by atoms with Crippen LogP contribution in [0.4, 0.5) is 5.82 Å². The molecule has 1 amide bonds. The Morgan fingerprint density at radius 3 is 2.90 bits per heavy atom. The number of carbonyl (C=O) groups excluding carboxylic acids is 2. The molecule has 7 nitrogen and oxygen atoms in total. The van der Waals surface area contributed by atoms with Crippen molar-refractivity contribution in [2.24, 2.45) is 0 Å². The largest absolute Gasteiger partial charge is 0.465 e. The maximum Gasteiger partial charge on any atom is 0.338 e. The van der Waals surface area contributed by atoms with Crippen molar-refractivity contribution in [3.63, 3.8) is 0 Å². The van der Waals surface area contributed by atoms with Gasteiger partial charge in [0.15, 0.2) is 0 Å². The molecular weight excluding hydrogens is 260 g/mol. The second-order valence-corrected chi connectivity index (χ2v) is 4.41. The van der Waals surface area contributed by atoms with Crippen LogP contribution in [0.3, 0.4) is 0 Å². The van der Waals surface area contributed by atoms with Gasteiger partial charge in [0.2, 0.25) is 5.91 Å². The van der Waals surface area contributed by atoms with Crippen molar-refractivity contribution >= 4 is 17.7 Å². The quantitative estimate of drug-likeness (QED) is 0.737. The molecule has 0 bridgehead atoms. The number of amides is 1. The normalized spacial score (nSPS) is 14.8. The summed E-state index contributed by atoms with van der Waals surface area (Å²) >= 11 is 0. The van der Waals surface area contributed by atoms with Gasteiger partial charge in [-0.25, -0.2) is 9.78 Å². The van der Waals surface area contributed by atoms with E-state index in [-0.39, 0.29) is 12.5 Å². The lowest BCUT2D eigenvalue weighted by Gasteiger charge is -2.27. The summed E-state index contributed by atoms with van der Waals surface area (Å²) in [5.74, 6) is 0.0806. The van der Waals surface area contributed by atoms with Gasteiger partial charge >= 0.3 is 5.97 Å². The van der Waals surface area contributed by atoms with Crippen LogP contribution in [-0.2, 0) is 9.53 Å². The zero-order valence-corrected chi connectivity index (χ0v) is 11.4. The lowest BCUT2D eigenvalue weighted by molar-refractivity contribution is -0.129. The van der Waals surface area contributed by atoms with Gasteiger partial charge in [0.05, 0.1) is 19.2 Å². The van der Waals surface area contributed by atoms with Crippen LogP contribution in [0.15, 0.2) is 18.3 Å². The molecule has 1 aliphatic heterocycles. The Morgan fingerprint density at radius 1 is 1.45 bits per heavy atom. The Balaban J connectivity index is 1.90. The molecule has 0 spiro atoms. The monoisotopic (exact) mass is 278 g/mol. The Morgan fingerprint density at radius 2 is 2.20 bits per heavy atom. The minimum absolute atomic E-state index is 0.0248. The van der Waals surface area contributed by atoms with Gasteiger partial charge in [-0.05, 0) is 12.1 Å². The molecule has 1 aliphatic rings. The molecule has 1 aromatic rings. The highest BCUT2D eigenvalue weighted by Gasteiger charge is 2.16. The number of hydrogen-bond acceptors (Lipinski definition) is 6. The van der Waals surface area contributed by atoms with Crippen LogP contribution in [0.5, 0.6) is 0 Å². The van der Waals surface area contributed by atoms with Gasteiger partial charge in [-0.3, -0.25) is 4.79 Å². The van der Waals surface area contributed by atoms with Crippen LogP contribution < -0.4 is 10.6 Å². The molecule has 0 atom stereocenters. The Kier molecular flexibility index (Phi) is 4.89. The number of rotatable bonds is 4. The van der Waals surface area contributed by atoms with Crippen molar-refractivity contribution in [1.82, 2.24) is 15.2 Å². The van der Waals surface area contributed by atoms with Gasteiger partial charge in [0.1, 0.15) is 5.82 Å². The number of anilines is 1. The lowest BCUT2D eigenvalue weighted by atomic mass is 10.2. The van der Waals surface area contributed by atoms with Crippen LogP contribution in [0.2, 0.25) is 0 Å². The molecule has 1 fully saturated rings. The number of carbonyl (C=O) groups is 2. The highest BCUT2D eigenvalue weighted by molar-refractivity contribution is 5.90. The van der Waals surface area contributed by atoms with E-state index in [4.69, 9.17) is 0 Å². The summed E-state index contributed by atoms with van der Waals surface area (Å²) in [6.45, 7) is 3.24. The summed E-state index contributed by atoms with van der Waals surface area (Å²) < 4.78 is 4.64. The van der Waals surface area contributed by atoms with E-state index < -0.39 is 5.97 Å². The van der Waals surface area contributed by atoms with Crippen molar-refractivity contribution in [1.29, 1.82) is 0 Å². The molecule has 20 heavy (non-hydrogen) atoms. The third-order valence-corrected chi connectivity index (χ3v) is 3.07.